The van der Waals surface area contributed by atoms with Crippen molar-refractivity contribution in [3.05, 3.63) is 67.4 Å². The summed E-state index contributed by atoms with van der Waals surface area (Å²) in [5, 5.41) is 13.5. The summed E-state index contributed by atoms with van der Waals surface area (Å²) in [4.78, 5) is 46.7. The molecule has 194 valence electrons. The van der Waals surface area contributed by atoms with Gasteiger partial charge in [-0.1, -0.05) is 46.7 Å². The Morgan fingerprint density at radius 1 is 1.19 bits per heavy atom. The van der Waals surface area contributed by atoms with Crippen molar-refractivity contribution in [3.8, 4) is 0 Å². The second kappa shape index (κ2) is 10.00. The summed E-state index contributed by atoms with van der Waals surface area (Å²) in [5.41, 5.74) is 2.56. The van der Waals surface area contributed by atoms with Crippen LogP contribution in [0.2, 0.25) is 10.0 Å². The summed E-state index contributed by atoms with van der Waals surface area (Å²) in [6, 6.07) is 6.56. The number of carboxylic acids is 1. The second-order valence-corrected chi connectivity index (χ2v) is 10.9. The molecule has 9 nitrogen and oxygen atoms in total. The molecular formula is C25H24Cl2N4O5S. The van der Waals surface area contributed by atoms with Crippen molar-refractivity contribution in [2.45, 2.75) is 26.3 Å². The SMILES string of the molecule is CCOC(=O)c1sc(N2C[C@@H]3C(NC(=O)c4[nH]c(C)c(Cl)c4Cl)[C@@H]3C2)nc1Cc1ccc(C(=O)O)cc1. The summed E-state index contributed by atoms with van der Waals surface area (Å²) in [7, 11) is 0. The number of aromatic amines is 1. The number of aryl methyl sites for hydroxylation is 1. The lowest BCUT2D eigenvalue weighted by Crippen LogP contribution is -2.34. The van der Waals surface area contributed by atoms with Crippen LogP contribution in [0.15, 0.2) is 24.3 Å². The molecule has 1 aliphatic heterocycles. The normalized spacial score (nSPS) is 20.0. The summed E-state index contributed by atoms with van der Waals surface area (Å²) in [6.45, 7) is 5.17. The van der Waals surface area contributed by atoms with Crippen molar-refractivity contribution in [2.75, 3.05) is 24.6 Å². The maximum Gasteiger partial charge on any atom is 0.350 e. The molecule has 2 fully saturated rings. The molecule has 3 atom stereocenters. The van der Waals surface area contributed by atoms with Gasteiger partial charge >= 0.3 is 11.9 Å². The summed E-state index contributed by atoms with van der Waals surface area (Å²) in [6.07, 6.45) is 0.378. The molecule has 0 spiro atoms. The van der Waals surface area contributed by atoms with E-state index in [-0.39, 0.29) is 46.7 Å². The smallest absolute Gasteiger partial charge is 0.350 e. The number of esters is 1. The van der Waals surface area contributed by atoms with Gasteiger partial charge in [-0.2, -0.15) is 0 Å². The largest absolute Gasteiger partial charge is 0.478 e. The van der Waals surface area contributed by atoms with Gasteiger partial charge in [-0.15, -0.1) is 0 Å². The van der Waals surface area contributed by atoms with Crippen LogP contribution < -0.4 is 10.2 Å². The zero-order valence-corrected chi connectivity index (χ0v) is 22.3. The van der Waals surface area contributed by atoms with Crippen molar-refractivity contribution < 1.29 is 24.2 Å². The molecule has 0 radical (unpaired) electrons. The molecular weight excluding hydrogens is 539 g/mol. The number of H-pyrrole nitrogens is 1. The van der Waals surface area contributed by atoms with E-state index in [2.05, 4.69) is 15.2 Å². The molecule has 3 N–H and O–H groups in total. The minimum Gasteiger partial charge on any atom is -0.478 e. The number of nitrogens with zero attached hydrogens (tertiary/aromatic N) is 2. The molecule has 2 aromatic heterocycles. The van der Waals surface area contributed by atoms with Crippen LogP contribution >= 0.6 is 34.5 Å². The van der Waals surface area contributed by atoms with Crippen molar-refractivity contribution in [1.29, 1.82) is 0 Å². The molecule has 2 aliphatic rings. The van der Waals surface area contributed by atoms with Crippen LogP contribution in [-0.4, -0.2) is 58.7 Å². The van der Waals surface area contributed by atoms with E-state index in [1.165, 1.54) is 23.5 Å². The Hall–Kier alpha value is -3.08. The third-order valence-electron chi connectivity index (χ3n) is 6.76. The van der Waals surface area contributed by atoms with Gasteiger partial charge in [-0.25, -0.2) is 14.6 Å². The quantitative estimate of drug-likeness (QED) is 0.347. The van der Waals surface area contributed by atoms with E-state index < -0.39 is 11.9 Å². The molecule has 1 saturated heterocycles. The van der Waals surface area contributed by atoms with E-state index in [0.717, 1.165) is 10.7 Å². The topological polar surface area (TPSA) is 125 Å². The summed E-state index contributed by atoms with van der Waals surface area (Å²) < 4.78 is 5.25. The fourth-order valence-corrected chi connectivity index (χ4v) is 6.17. The Bertz CT molecular complexity index is 1370. The highest BCUT2D eigenvalue weighted by molar-refractivity contribution is 7.17. The van der Waals surface area contributed by atoms with Gasteiger partial charge in [0.25, 0.3) is 5.91 Å². The number of carbonyl (C=O) groups excluding carboxylic acids is 2. The number of hydrogen-bond donors (Lipinski definition) is 3. The molecule has 1 aliphatic carbocycles. The number of carbonyl (C=O) groups is 3. The number of ether oxygens (including phenoxy) is 1. The van der Waals surface area contributed by atoms with Crippen molar-refractivity contribution in [3.63, 3.8) is 0 Å². The summed E-state index contributed by atoms with van der Waals surface area (Å²) >= 11 is 13.6. The predicted octanol–water partition coefficient (Wildman–Crippen LogP) is 4.42. The Balaban J connectivity index is 1.27. The van der Waals surface area contributed by atoms with Crippen LogP contribution in [0.5, 0.6) is 0 Å². The number of aromatic carboxylic acids is 1. The van der Waals surface area contributed by atoms with Gasteiger partial charge in [0.05, 0.1) is 27.9 Å². The highest BCUT2D eigenvalue weighted by Gasteiger charge is 2.57. The number of rotatable bonds is 8. The van der Waals surface area contributed by atoms with E-state index in [1.54, 1.807) is 26.0 Å². The first kappa shape index (κ1) is 25.6. The number of anilines is 1. The first-order valence-corrected chi connectivity index (χ1v) is 13.3. The highest BCUT2D eigenvalue weighted by Crippen LogP contribution is 2.48. The van der Waals surface area contributed by atoms with Crippen LogP contribution in [0.25, 0.3) is 0 Å². The number of fused-ring (bicyclic) bond motifs is 1. The number of nitrogens with one attached hydrogen (secondary N) is 2. The lowest BCUT2D eigenvalue weighted by molar-refractivity contribution is 0.0530. The number of carboxylic acid groups (broad SMARTS) is 1. The zero-order valence-electron chi connectivity index (χ0n) is 20.0. The number of aromatic nitrogens is 2. The van der Waals surface area contributed by atoms with Crippen LogP contribution in [0.3, 0.4) is 0 Å². The number of piperidine rings is 1. The predicted molar refractivity (Wildman–Crippen MR) is 140 cm³/mol. The third kappa shape index (κ3) is 4.93. The van der Waals surface area contributed by atoms with Gasteiger partial charge in [0.1, 0.15) is 10.6 Å². The van der Waals surface area contributed by atoms with Crippen molar-refractivity contribution >= 4 is 57.5 Å². The lowest BCUT2D eigenvalue weighted by Gasteiger charge is -2.19. The maximum absolute atomic E-state index is 12.7. The standard InChI is InChI=1S/C25H24Cl2N4O5S/c1-3-36-24(35)21-16(8-12-4-6-13(7-5-12)23(33)34)29-25(37-21)31-9-14-15(10-31)19(14)30-22(32)20-18(27)17(26)11(2)28-20/h4-7,14-15,19,28H,3,8-10H2,1-2H3,(H,30,32)(H,33,34)/t14-,15+,19?. The van der Waals surface area contributed by atoms with Crippen LogP contribution in [0, 0.1) is 18.8 Å². The first-order valence-electron chi connectivity index (χ1n) is 11.8. The van der Waals surface area contributed by atoms with E-state index in [9.17, 15) is 14.4 Å². The van der Waals surface area contributed by atoms with Gasteiger partial charge in [-0.05, 0) is 31.5 Å². The molecule has 0 bridgehead atoms. The minimum atomic E-state index is -0.994. The van der Waals surface area contributed by atoms with Gasteiger partial charge in [-0.3, -0.25) is 4.79 Å². The maximum atomic E-state index is 12.7. The first-order chi connectivity index (χ1) is 17.7. The molecule has 37 heavy (non-hydrogen) atoms. The highest BCUT2D eigenvalue weighted by atomic mass is 35.5. The molecule has 5 rings (SSSR count). The number of thiazole rings is 1. The lowest BCUT2D eigenvalue weighted by atomic mass is 10.1. The number of hydrogen-bond acceptors (Lipinski definition) is 7. The average Bonchev–Trinajstić information content (AvgIpc) is 3.22. The number of amides is 1. The van der Waals surface area contributed by atoms with E-state index in [1.807, 2.05) is 0 Å². The van der Waals surface area contributed by atoms with Crippen LogP contribution in [0.1, 0.15) is 54.4 Å². The fraction of sp³-hybridized carbons (Fsp3) is 0.360. The molecule has 1 aromatic carbocycles. The Morgan fingerprint density at radius 2 is 1.86 bits per heavy atom. The van der Waals surface area contributed by atoms with Crippen LogP contribution in [-0.2, 0) is 11.2 Å². The Labute approximate surface area is 226 Å². The molecule has 3 heterocycles. The van der Waals surface area contributed by atoms with E-state index in [0.29, 0.717) is 40.8 Å². The molecule has 12 heteroatoms. The Kier molecular flexibility index (Phi) is 6.91. The van der Waals surface area contributed by atoms with Gasteiger partial charge in [0.15, 0.2) is 5.13 Å². The van der Waals surface area contributed by atoms with Gasteiger partial charge < -0.3 is 25.0 Å². The minimum absolute atomic E-state index is 0.0407. The molecule has 1 unspecified atom stereocenters. The number of halogens is 2. The van der Waals surface area contributed by atoms with Crippen LogP contribution in [0.4, 0.5) is 5.13 Å². The van der Waals surface area contributed by atoms with Gasteiger partial charge in [0, 0.05) is 43.1 Å². The Morgan fingerprint density at radius 3 is 2.43 bits per heavy atom. The van der Waals surface area contributed by atoms with Crippen molar-refractivity contribution in [2.24, 2.45) is 11.8 Å². The molecule has 1 amide bonds. The average molecular weight is 563 g/mol. The van der Waals surface area contributed by atoms with Crippen molar-refractivity contribution in [1.82, 2.24) is 15.3 Å². The van der Waals surface area contributed by atoms with E-state index in [4.69, 9.17) is 38.0 Å². The molecule has 3 aromatic rings. The summed E-state index contributed by atoms with van der Waals surface area (Å²) in [5.74, 6) is -1.14. The monoisotopic (exact) mass is 562 g/mol. The zero-order chi connectivity index (χ0) is 26.4. The second-order valence-electron chi connectivity index (χ2n) is 9.16. The molecule has 1 saturated carbocycles. The fourth-order valence-electron chi connectivity index (χ4n) is 4.76. The third-order valence-corrected chi connectivity index (χ3v) is 8.85. The number of benzene rings is 1. The van der Waals surface area contributed by atoms with Gasteiger partial charge in [0.2, 0.25) is 0 Å². The van der Waals surface area contributed by atoms with E-state index >= 15 is 0 Å².